The Morgan fingerprint density at radius 3 is 2.69 bits per heavy atom. The maximum absolute atomic E-state index is 11.8. The van der Waals surface area contributed by atoms with Crippen molar-refractivity contribution < 1.29 is 17.3 Å². The summed E-state index contributed by atoms with van der Waals surface area (Å²) in [4.78, 5) is 0.235. The highest BCUT2D eigenvalue weighted by Crippen LogP contribution is 2.20. The minimum Gasteiger partial charge on any atom is -0.371 e. The third kappa shape index (κ3) is 2.61. The number of hydrogen-bond donors (Lipinski definition) is 0. The van der Waals surface area contributed by atoms with Crippen LogP contribution in [0.5, 0.6) is 0 Å². The number of aryl methyl sites for hydroxylation is 2. The lowest BCUT2D eigenvalue weighted by molar-refractivity contribution is 0.266. The Morgan fingerprint density at radius 2 is 2.12 bits per heavy atom. The molecule has 4 nitrogen and oxygen atoms in total. The smallest absolute Gasteiger partial charge is 0.297 e. The van der Waals surface area contributed by atoms with E-state index in [4.69, 9.17) is 8.92 Å². The fourth-order valence-corrected chi connectivity index (χ4v) is 2.62. The molecule has 0 N–H and O–H groups in total. The van der Waals surface area contributed by atoms with E-state index < -0.39 is 10.1 Å². The second kappa shape index (κ2) is 4.16. The fourth-order valence-electron chi connectivity index (χ4n) is 1.47. The number of ether oxygens (including phenoxy) is 1. The molecule has 0 radical (unpaired) electrons. The van der Waals surface area contributed by atoms with E-state index in [9.17, 15) is 8.42 Å². The second-order valence-corrected chi connectivity index (χ2v) is 5.55. The Hall–Kier alpha value is -0.910. The van der Waals surface area contributed by atoms with Crippen LogP contribution in [0.3, 0.4) is 0 Å². The summed E-state index contributed by atoms with van der Waals surface area (Å²) in [7, 11) is -3.64. The van der Waals surface area contributed by atoms with Crippen LogP contribution in [0, 0.1) is 13.8 Å². The summed E-state index contributed by atoms with van der Waals surface area (Å²) in [6.45, 7) is 4.37. The number of rotatable bonds is 4. The normalized spacial score (nSPS) is 19.8. The molecule has 1 unspecified atom stereocenters. The number of epoxide rings is 1. The molecule has 1 saturated heterocycles. The summed E-state index contributed by atoms with van der Waals surface area (Å²) < 4.78 is 33.4. The topological polar surface area (TPSA) is 55.9 Å². The van der Waals surface area contributed by atoms with Gasteiger partial charge in [0.2, 0.25) is 0 Å². The van der Waals surface area contributed by atoms with Gasteiger partial charge in [-0.15, -0.1) is 0 Å². The zero-order chi connectivity index (χ0) is 11.8. The largest absolute Gasteiger partial charge is 0.371 e. The first-order valence-corrected chi connectivity index (χ1v) is 6.48. The van der Waals surface area contributed by atoms with Crippen LogP contribution in [0.15, 0.2) is 23.1 Å². The van der Waals surface area contributed by atoms with Gasteiger partial charge in [-0.25, -0.2) is 0 Å². The Labute approximate surface area is 95.3 Å². The Balaban J connectivity index is 2.20. The van der Waals surface area contributed by atoms with E-state index in [1.165, 1.54) is 0 Å². The molecule has 5 heteroatoms. The third-order valence-electron chi connectivity index (χ3n) is 2.41. The number of hydrogen-bond acceptors (Lipinski definition) is 4. The van der Waals surface area contributed by atoms with Crippen LogP contribution in [0.4, 0.5) is 0 Å². The van der Waals surface area contributed by atoms with Crippen molar-refractivity contribution in [1.82, 2.24) is 0 Å². The van der Waals surface area contributed by atoms with E-state index in [-0.39, 0.29) is 17.6 Å². The maximum atomic E-state index is 11.8. The Bertz CT molecular complexity index is 489. The molecule has 1 fully saturated rings. The van der Waals surface area contributed by atoms with E-state index in [2.05, 4.69) is 0 Å². The SMILES string of the molecule is Cc1ccc(S(=O)(=O)OCC2CO2)c(C)c1. The fraction of sp³-hybridized carbons (Fsp3) is 0.455. The molecule has 0 saturated carbocycles. The molecule has 0 spiro atoms. The third-order valence-corrected chi connectivity index (χ3v) is 3.85. The lowest BCUT2D eigenvalue weighted by Crippen LogP contribution is -2.12. The second-order valence-electron chi connectivity index (χ2n) is 3.96. The molecule has 1 aromatic carbocycles. The molecule has 0 bridgehead atoms. The first-order valence-electron chi connectivity index (χ1n) is 5.07. The summed E-state index contributed by atoms with van der Waals surface area (Å²) in [5.41, 5.74) is 1.73. The van der Waals surface area contributed by atoms with E-state index in [0.717, 1.165) is 5.56 Å². The van der Waals surface area contributed by atoms with Gasteiger partial charge in [-0.2, -0.15) is 8.42 Å². The van der Waals surface area contributed by atoms with Gasteiger partial charge in [-0.05, 0) is 25.5 Å². The van der Waals surface area contributed by atoms with Crippen LogP contribution in [0.2, 0.25) is 0 Å². The minimum atomic E-state index is -3.64. The van der Waals surface area contributed by atoms with Gasteiger partial charge in [0.15, 0.2) is 0 Å². The Morgan fingerprint density at radius 1 is 1.44 bits per heavy atom. The van der Waals surface area contributed by atoms with Crippen LogP contribution in [-0.2, 0) is 19.0 Å². The van der Waals surface area contributed by atoms with Crippen LogP contribution >= 0.6 is 0 Å². The molecule has 1 aliphatic rings. The van der Waals surface area contributed by atoms with Gasteiger partial charge in [0.25, 0.3) is 10.1 Å². The van der Waals surface area contributed by atoms with Gasteiger partial charge in [-0.3, -0.25) is 4.18 Å². The molecule has 1 atom stereocenters. The molecule has 2 rings (SSSR count). The predicted molar refractivity (Wildman–Crippen MR) is 58.8 cm³/mol. The van der Waals surface area contributed by atoms with Crippen LogP contribution in [0.1, 0.15) is 11.1 Å². The average molecular weight is 242 g/mol. The number of benzene rings is 1. The molecule has 16 heavy (non-hydrogen) atoms. The summed E-state index contributed by atoms with van der Waals surface area (Å²) in [6, 6.07) is 5.16. The predicted octanol–water partition coefficient (Wildman–Crippen LogP) is 1.41. The van der Waals surface area contributed by atoms with Gasteiger partial charge >= 0.3 is 0 Å². The van der Waals surface area contributed by atoms with Crippen molar-refractivity contribution in [3.05, 3.63) is 29.3 Å². The van der Waals surface area contributed by atoms with Crippen molar-refractivity contribution in [3.63, 3.8) is 0 Å². The van der Waals surface area contributed by atoms with E-state index in [1.54, 1.807) is 19.1 Å². The van der Waals surface area contributed by atoms with E-state index in [0.29, 0.717) is 12.2 Å². The molecular formula is C11H14O4S. The van der Waals surface area contributed by atoms with Gasteiger partial charge < -0.3 is 4.74 Å². The lowest BCUT2D eigenvalue weighted by atomic mass is 10.2. The molecule has 1 heterocycles. The van der Waals surface area contributed by atoms with Crippen molar-refractivity contribution in [2.24, 2.45) is 0 Å². The summed E-state index contributed by atoms with van der Waals surface area (Å²) in [5, 5.41) is 0. The van der Waals surface area contributed by atoms with Crippen LogP contribution in [0.25, 0.3) is 0 Å². The van der Waals surface area contributed by atoms with Crippen molar-refractivity contribution >= 4 is 10.1 Å². The van der Waals surface area contributed by atoms with E-state index >= 15 is 0 Å². The van der Waals surface area contributed by atoms with Crippen molar-refractivity contribution in [3.8, 4) is 0 Å². The first-order chi connectivity index (χ1) is 7.49. The molecular weight excluding hydrogens is 228 g/mol. The van der Waals surface area contributed by atoms with Gasteiger partial charge in [0.05, 0.1) is 18.1 Å². The van der Waals surface area contributed by atoms with Crippen molar-refractivity contribution in [2.75, 3.05) is 13.2 Å². The zero-order valence-corrected chi connectivity index (χ0v) is 10.1. The van der Waals surface area contributed by atoms with E-state index in [1.807, 2.05) is 13.0 Å². The standard InChI is InChI=1S/C11H14O4S/c1-8-3-4-11(9(2)5-8)16(12,13)15-7-10-6-14-10/h3-5,10H,6-7H2,1-2H3. The van der Waals surface area contributed by atoms with Gasteiger partial charge in [-0.1, -0.05) is 17.7 Å². The average Bonchev–Trinajstić information content (AvgIpc) is 2.97. The summed E-state index contributed by atoms with van der Waals surface area (Å²) >= 11 is 0. The molecule has 1 aliphatic heterocycles. The van der Waals surface area contributed by atoms with Gasteiger partial charge in [0, 0.05) is 0 Å². The maximum Gasteiger partial charge on any atom is 0.297 e. The molecule has 0 aliphatic carbocycles. The zero-order valence-electron chi connectivity index (χ0n) is 9.26. The molecule has 0 aromatic heterocycles. The summed E-state index contributed by atoms with van der Waals surface area (Å²) in [6.07, 6.45) is -0.0551. The van der Waals surface area contributed by atoms with Crippen molar-refractivity contribution in [2.45, 2.75) is 24.8 Å². The quantitative estimate of drug-likeness (QED) is 0.591. The van der Waals surface area contributed by atoms with Gasteiger partial charge in [0.1, 0.15) is 6.10 Å². The lowest BCUT2D eigenvalue weighted by Gasteiger charge is -2.07. The first kappa shape index (κ1) is 11.6. The highest BCUT2D eigenvalue weighted by atomic mass is 32.2. The highest BCUT2D eigenvalue weighted by Gasteiger charge is 2.27. The molecule has 1 aromatic rings. The molecule has 0 amide bonds. The Kier molecular flexibility index (Phi) is 3.01. The monoisotopic (exact) mass is 242 g/mol. The minimum absolute atomic E-state index is 0.0551. The summed E-state index contributed by atoms with van der Waals surface area (Å²) in [5.74, 6) is 0. The van der Waals surface area contributed by atoms with Crippen LogP contribution < -0.4 is 0 Å². The van der Waals surface area contributed by atoms with Crippen molar-refractivity contribution in [1.29, 1.82) is 0 Å². The van der Waals surface area contributed by atoms with Crippen LogP contribution in [-0.4, -0.2) is 27.7 Å². The highest BCUT2D eigenvalue weighted by molar-refractivity contribution is 7.86. The molecule has 88 valence electrons.